The summed E-state index contributed by atoms with van der Waals surface area (Å²) in [5, 5.41) is 3.38. The van der Waals surface area contributed by atoms with E-state index in [0.717, 1.165) is 19.4 Å². The first-order valence-corrected chi connectivity index (χ1v) is 7.61. The topological polar surface area (TPSA) is 68.0 Å². The molecule has 0 amide bonds. The molecule has 2 rings (SSSR count). The Bertz CT molecular complexity index is 530. The molecule has 1 aromatic heterocycles. The van der Waals surface area contributed by atoms with Crippen LogP contribution in [-0.2, 0) is 6.42 Å². The smallest absolute Gasteiger partial charge is 0.168 e. The number of Topliss-reactive ketones (excluding diaryl/α,β-unsaturated/α-hetero) is 1. The van der Waals surface area contributed by atoms with E-state index in [0.29, 0.717) is 24.1 Å². The third kappa shape index (κ3) is 3.79. The summed E-state index contributed by atoms with van der Waals surface area (Å²) in [4.78, 5) is 16.2. The Morgan fingerprint density at radius 1 is 1.57 bits per heavy atom. The van der Waals surface area contributed by atoms with E-state index in [1.807, 2.05) is 0 Å². The summed E-state index contributed by atoms with van der Waals surface area (Å²) in [5.41, 5.74) is 6.17. The van der Waals surface area contributed by atoms with E-state index in [1.54, 1.807) is 13.8 Å². The summed E-state index contributed by atoms with van der Waals surface area (Å²) in [6.45, 7) is 6.58. The third-order valence-corrected chi connectivity index (χ3v) is 4.05. The van der Waals surface area contributed by atoms with Crippen molar-refractivity contribution in [3.05, 3.63) is 23.1 Å². The van der Waals surface area contributed by atoms with Gasteiger partial charge in [-0.2, -0.15) is 0 Å². The first kappa shape index (κ1) is 15.9. The molecule has 0 saturated carbocycles. The Morgan fingerprint density at radius 2 is 2.29 bits per heavy atom. The van der Waals surface area contributed by atoms with E-state index in [9.17, 15) is 9.18 Å². The molecule has 116 valence electrons. The SMILES string of the molecule is CC(C)C(=O)c1cc(N)nc(CC2CCN[C@H](C)C2)c1F. The maximum atomic E-state index is 14.6. The fourth-order valence-electron chi connectivity index (χ4n) is 2.92. The largest absolute Gasteiger partial charge is 0.384 e. The van der Waals surface area contributed by atoms with Gasteiger partial charge >= 0.3 is 0 Å². The lowest BCUT2D eigenvalue weighted by molar-refractivity contribution is 0.0934. The van der Waals surface area contributed by atoms with Crippen molar-refractivity contribution >= 4 is 11.6 Å². The van der Waals surface area contributed by atoms with Gasteiger partial charge in [0.25, 0.3) is 0 Å². The van der Waals surface area contributed by atoms with Crippen LogP contribution in [0.2, 0.25) is 0 Å². The molecular formula is C16H24FN3O. The number of halogens is 1. The molecule has 1 aliphatic heterocycles. The Hall–Kier alpha value is -1.49. The zero-order valence-corrected chi connectivity index (χ0v) is 12.9. The van der Waals surface area contributed by atoms with E-state index in [-0.39, 0.29) is 23.1 Å². The summed E-state index contributed by atoms with van der Waals surface area (Å²) in [6.07, 6.45) is 2.53. The van der Waals surface area contributed by atoms with Gasteiger partial charge in [-0.25, -0.2) is 9.37 Å². The molecular weight excluding hydrogens is 269 g/mol. The van der Waals surface area contributed by atoms with Crippen molar-refractivity contribution in [1.82, 2.24) is 10.3 Å². The first-order chi connectivity index (χ1) is 9.88. The second-order valence-electron chi connectivity index (χ2n) is 6.32. The molecule has 5 heteroatoms. The molecule has 1 aromatic rings. The Labute approximate surface area is 125 Å². The number of pyridine rings is 1. The number of rotatable bonds is 4. The lowest BCUT2D eigenvalue weighted by atomic mass is 9.88. The Kier molecular flexibility index (Phi) is 4.93. The van der Waals surface area contributed by atoms with Crippen LogP contribution in [0.25, 0.3) is 0 Å². The van der Waals surface area contributed by atoms with Gasteiger partial charge in [0.2, 0.25) is 0 Å². The maximum absolute atomic E-state index is 14.6. The van der Waals surface area contributed by atoms with E-state index >= 15 is 0 Å². The minimum atomic E-state index is -0.492. The Morgan fingerprint density at radius 3 is 2.90 bits per heavy atom. The van der Waals surface area contributed by atoms with Crippen LogP contribution in [0.3, 0.4) is 0 Å². The van der Waals surface area contributed by atoms with Gasteiger partial charge in [0.15, 0.2) is 11.6 Å². The van der Waals surface area contributed by atoms with Crippen LogP contribution in [0.15, 0.2) is 6.07 Å². The Balaban J connectivity index is 2.25. The fraction of sp³-hybridized carbons (Fsp3) is 0.625. The number of piperidine rings is 1. The molecule has 2 atom stereocenters. The molecule has 0 aromatic carbocycles. The van der Waals surface area contributed by atoms with Crippen LogP contribution in [-0.4, -0.2) is 23.4 Å². The molecule has 2 heterocycles. The van der Waals surface area contributed by atoms with Crippen molar-refractivity contribution in [2.45, 2.75) is 46.1 Å². The highest BCUT2D eigenvalue weighted by molar-refractivity contribution is 5.98. The number of aromatic nitrogens is 1. The highest BCUT2D eigenvalue weighted by Crippen LogP contribution is 2.24. The van der Waals surface area contributed by atoms with Crippen LogP contribution in [0.5, 0.6) is 0 Å². The molecule has 1 fully saturated rings. The zero-order valence-electron chi connectivity index (χ0n) is 12.9. The lowest BCUT2D eigenvalue weighted by Gasteiger charge is -2.28. The number of hydrogen-bond donors (Lipinski definition) is 2. The van der Waals surface area contributed by atoms with Gasteiger partial charge in [0, 0.05) is 12.0 Å². The van der Waals surface area contributed by atoms with E-state index < -0.39 is 5.82 Å². The van der Waals surface area contributed by atoms with Gasteiger partial charge in [0.1, 0.15) is 5.82 Å². The molecule has 0 aliphatic carbocycles. The predicted molar refractivity (Wildman–Crippen MR) is 81.7 cm³/mol. The molecule has 21 heavy (non-hydrogen) atoms. The van der Waals surface area contributed by atoms with Crippen LogP contribution in [0.4, 0.5) is 10.2 Å². The van der Waals surface area contributed by atoms with Gasteiger partial charge < -0.3 is 11.1 Å². The standard InChI is InChI=1S/C16H24FN3O/c1-9(2)16(21)12-8-14(18)20-13(15(12)17)7-11-4-5-19-10(3)6-11/h8-11,19H,4-7H2,1-3H3,(H2,18,20)/t10-,11?/m1/s1. The molecule has 3 N–H and O–H groups in total. The summed E-state index contributed by atoms with van der Waals surface area (Å²) < 4.78 is 14.6. The number of nitrogens with one attached hydrogen (secondary N) is 1. The van der Waals surface area contributed by atoms with Gasteiger partial charge in [0.05, 0.1) is 11.3 Å². The van der Waals surface area contributed by atoms with Crippen LogP contribution in [0.1, 0.15) is 49.7 Å². The molecule has 4 nitrogen and oxygen atoms in total. The summed E-state index contributed by atoms with van der Waals surface area (Å²) in [7, 11) is 0. The number of anilines is 1. The highest BCUT2D eigenvalue weighted by Gasteiger charge is 2.24. The highest BCUT2D eigenvalue weighted by atomic mass is 19.1. The second kappa shape index (κ2) is 6.52. The van der Waals surface area contributed by atoms with Crippen LogP contribution < -0.4 is 11.1 Å². The molecule has 1 aliphatic rings. The summed E-state index contributed by atoms with van der Waals surface area (Å²) in [5.74, 6) is -0.367. The van der Waals surface area contributed by atoms with Crippen molar-refractivity contribution < 1.29 is 9.18 Å². The van der Waals surface area contributed by atoms with Gasteiger partial charge in [-0.05, 0) is 44.7 Å². The van der Waals surface area contributed by atoms with Crippen molar-refractivity contribution in [3.63, 3.8) is 0 Å². The number of carbonyl (C=O) groups is 1. The molecule has 1 unspecified atom stereocenters. The van der Waals surface area contributed by atoms with E-state index in [4.69, 9.17) is 5.73 Å². The normalized spacial score (nSPS) is 22.5. The number of ketones is 1. The number of carbonyl (C=O) groups excluding carboxylic acids is 1. The monoisotopic (exact) mass is 293 g/mol. The number of nitrogens with two attached hydrogens (primary N) is 1. The molecule has 0 bridgehead atoms. The average molecular weight is 293 g/mol. The molecule has 1 saturated heterocycles. The van der Waals surface area contributed by atoms with Gasteiger partial charge in [-0.1, -0.05) is 13.8 Å². The predicted octanol–water partition coefficient (Wildman–Crippen LogP) is 2.57. The lowest BCUT2D eigenvalue weighted by Crippen LogP contribution is -2.36. The summed E-state index contributed by atoms with van der Waals surface area (Å²) >= 11 is 0. The van der Waals surface area contributed by atoms with Crippen LogP contribution >= 0.6 is 0 Å². The number of nitrogens with zero attached hydrogens (tertiary/aromatic N) is 1. The fourth-order valence-corrected chi connectivity index (χ4v) is 2.92. The van der Waals surface area contributed by atoms with E-state index in [1.165, 1.54) is 6.07 Å². The van der Waals surface area contributed by atoms with Crippen molar-refractivity contribution in [1.29, 1.82) is 0 Å². The van der Waals surface area contributed by atoms with Gasteiger partial charge in [-0.15, -0.1) is 0 Å². The van der Waals surface area contributed by atoms with Crippen molar-refractivity contribution in [3.8, 4) is 0 Å². The molecule has 0 radical (unpaired) electrons. The van der Waals surface area contributed by atoms with Crippen molar-refractivity contribution in [2.75, 3.05) is 12.3 Å². The third-order valence-electron chi connectivity index (χ3n) is 4.05. The number of hydrogen-bond acceptors (Lipinski definition) is 4. The number of nitrogen functional groups attached to an aromatic ring is 1. The average Bonchev–Trinajstić information content (AvgIpc) is 2.41. The second-order valence-corrected chi connectivity index (χ2v) is 6.32. The maximum Gasteiger partial charge on any atom is 0.168 e. The zero-order chi connectivity index (χ0) is 15.6. The first-order valence-electron chi connectivity index (χ1n) is 7.61. The van der Waals surface area contributed by atoms with E-state index in [2.05, 4.69) is 17.2 Å². The minimum absolute atomic E-state index is 0.0782. The minimum Gasteiger partial charge on any atom is -0.384 e. The van der Waals surface area contributed by atoms with Crippen molar-refractivity contribution in [2.24, 2.45) is 11.8 Å². The quantitative estimate of drug-likeness (QED) is 0.837. The molecule has 0 spiro atoms. The summed E-state index contributed by atoms with van der Waals surface area (Å²) in [6, 6.07) is 1.79. The van der Waals surface area contributed by atoms with Gasteiger partial charge in [-0.3, -0.25) is 4.79 Å². The van der Waals surface area contributed by atoms with Crippen LogP contribution in [0, 0.1) is 17.7 Å².